The lowest BCUT2D eigenvalue weighted by Gasteiger charge is -2.18. The Labute approximate surface area is 105 Å². The summed E-state index contributed by atoms with van der Waals surface area (Å²) in [6.45, 7) is 1.48. The summed E-state index contributed by atoms with van der Waals surface area (Å²) in [5.41, 5.74) is 0.553. The molecule has 6 heteroatoms. The number of carbonyl (C=O) groups is 1. The quantitative estimate of drug-likeness (QED) is 0.824. The summed E-state index contributed by atoms with van der Waals surface area (Å²) in [4.78, 5) is 12.0. The van der Waals surface area contributed by atoms with Crippen LogP contribution in [0.3, 0.4) is 0 Å². The normalized spacial score (nSPS) is 23.9. The number of hydrogen-bond donors (Lipinski definition) is 2. The lowest BCUT2D eigenvalue weighted by molar-refractivity contribution is 0.0774. The van der Waals surface area contributed by atoms with Gasteiger partial charge in [0.1, 0.15) is 5.69 Å². The first-order valence-corrected chi connectivity index (χ1v) is 5.86. The molecule has 1 amide bonds. The fourth-order valence-corrected chi connectivity index (χ4v) is 2.29. The van der Waals surface area contributed by atoms with E-state index in [2.05, 4.69) is 10.6 Å². The van der Waals surface area contributed by atoms with Crippen molar-refractivity contribution in [1.29, 1.82) is 0 Å². The number of halogens is 1. The van der Waals surface area contributed by atoms with Crippen molar-refractivity contribution in [2.75, 3.05) is 20.2 Å². The first kappa shape index (κ1) is 12.4. The number of rotatable bonds is 3. The average Bonchev–Trinajstić information content (AvgIpc) is 2.84. The third-order valence-electron chi connectivity index (χ3n) is 2.98. The van der Waals surface area contributed by atoms with Crippen LogP contribution in [0.25, 0.3) is 0 Å². The second-order valence-corrected chi connectivity index (χ2v) is 4.60. The maximum Gasteiger partial charge on any atom is 0.268 e. The molecule has 5 nitrogen and oxygen atoms in total. The summed E-state index contributed by atoms with van der Waals surface area (Å²) in [6, 6.07) is 1.65. The van der Waals surface area contributed by atoms with Crippen LogP contribution < -0.4 is 10.6 Å². The van der Waals surface area contributed by atoms with Gasteiger partial charge in [0.2, 0.25) is 0 Å². The summed E-state index contributed by atoms with van der Waals surface area (Å²) in [5.74, 6) is -0.129. The molecule has 0 aliphatic carbocycles. The maximum absolute atomic E-state index is 12.0. The number of carbonyl (C=O) groups excluding carboxylic acids is 1. The smallest absolute Gasteiger partial charge is 0.268 e. The van der Waals surface area contributed by atoms with Gasteiger partial charge in [-0.3, -0.25) is 4.79 Å². The second kappa shape index (κ2) is 5.08. The predicted octanol–water partition coefficient (Wildman–Crippen LogP) is 0.395. The van der Waals surface area contributed by atoms with Gasteiger partial charge in [0.05, 0.1) is 17.2 Å². The summed E-state index contributed by atoms with van der Waals surface area (Å²) in [7, 11) is 3.44. The number of aryl methyl sites for hydroxylation is 1. The third-order valence-corrected chi connectivity index (χ3v) is 3.19. The van der Waals surface area contributed by atoms with Gasteiger partial charge in [0.25, 0.3) is 5.91 Å². The topological polar surface area (TPSA) is 55.3 Å². The average molecular weight is 258 g/mol. The number of aromatic nitrogens is 1. The molecule has 2 rings (SSSR count). The Morgan fingerprint density at radius 3 is 3.00 bits per heavy atom. The van der Waals surface area contributed by atoms with Crippen LogP contribution in [0.15, 0.2) is 12.3 Å². The molecule has 1 aromatic heterocycles. The molecule has 94 valence electrons. The number of nitrogens with one attached hydrogen (secondary N) is 2. The number of methoxy groups -OCH3 is 1. The van der Waals surface area contributed by atoms with Crippen molar-refractivity contribution in [3.63, 3.8) is 0 Å². The Morgan fingerprint density at radius 1 is 1.65 bits per heavy atom. The lowest BCUT2D eigenvalue weighted by Crippen LogP contribution is -2.44. The molecule has 2 atom stereocenters. The molecule has 0 bridgehead atoms. The molecule has 1 aromatic rings. The maximum atomic E-state index is 12.0. The Kier molecular flexibility index (Phi) is 3.71. The molecule has 1 aliphatic heterocycles. The molecule has 0 spiro atoms. The monoisotopic (exact) mass is 257 g/mol. The summed E-state index contributed by atoms with van der Waals surface area (Å²) < 4.78 is 7.00. The van der Waals surface area contributed by atoms with E-state index in [4.69, 9.17) is 16.3 Å². The first-order valence-electron chi connectivity index (χ1n) is 5.48. The van der Waals surface area contributed by atoms with E-state index in [9.17, 15) is 4.79 Å². The molecular formula is C11H16ClN3O2. The van der Waals surface area contributed by atoms with Crippen LogP contribution in [-0.2, 0) is 11.8 Å². The van der Waals surface area contributed by atoms with Crippen molar-refractivity contribution >= 4 is 17.5 Å². The van der Waals surface area contributed by atoms with Gasteiger partial charge < -0.3 is 19.9 Å². The number of ether oxygens (including phenoxy) is 1. The molecule has 0 aromatic carbocycles. The van der Waals surface area contributed by atoms with E-state index >= 15 is 0 Å². The van der Waals surface area contributed by atoms with E-state index in [1.54, 1.807) is 31.0 Å². The number of amides is 1. The second-order valence-electron chi connectivity index (χ2n) is 4.17. The first-order chi connectivity index (χ1) is 8.11. The van der Waals surface area contributed by atoms with E-state index in [-0.39, 0.29) is 18.1 Å². The van der Waals surface area contributed by atoms with Gasteiger partial charge in [-0.15, -0.1) is 0 Å². The molecule has 1 unspecified atom stereocenters. The minimum atomic E-state index is -0.129. The zero-order valence-corrected chi connectivity index (χ0v) is 10.6. The molecule has 0 radical (unpaired) electrons. The molecule has 1 saturated heterocycles. The highest BCUT2D eigenvalue weighted by atomic mass is 35.5. The van der Waals surface area contributed by atoms with Crippen molar-refractivity contribution in [1.82, 2.24) is 15.2 Å². The highest BCUT2D eigenvalue weighted by Crippen LogP contribution is 2.13. The van der Waals surface area contributed by atoms with E-state index in [0.717, 1.165) is 13.1 Å². The molecular weight excluding hydrogens is 242 g/mol. The van der Waals surface area contributed by atoms with Crippen LogP contribution in [0, 0.1) is 0 Å². The Morgan fingerprint density at radius 2 is 2.41 bits per heavy atom. The highest BCUT2D eigenvalue weighted by molar-refractivity contribution is 6.31. The standard InChI is InChI=1S/C11H16ClN3O2/c1-15-6-7(12)3-9(15)11(16)14-8-4-13-5-10(8)17-2/h3,6,8,10,13H,4-5H2,1-2H3,(H,14,16)/t8?,10-/m0/s1. The van der Waals surface area contributed by atoms with Crippen LogP contribution in [-0.4, -0.2) is 42.8 Å². The molecule has 17 heavy (non-hydrogen) atoms. The minimum Gasteiger partial charge on any atom is -0.378 e. The van der Waals surface area contributed by atoms with Gasteiger partial charge in [-0.25, -0.2) is 0 Å². The Hall–Kier alpha value is -1.04. The highest BCUT2D eigenvalue weighted by Gasteiger charge is 2.28. The zero-order valence-electron chi connectivity index (χ0n) is 9.87. The van der Waals surface area contributed by atoms with E-state index in [1.165, 1.54) is 0 Å². The van der Waals surface area contributed by atoms with Gasteiger partial charge in [-0.05, 0) is 6.07 Å². The van der Waals surface area contributed by atoms with Crippen molar-refractivity contribution in [3.8, 4) is 0 Å². The van der Waals surface area contributed by atoms with Crippen LogP contribution >= 0.6 is 11.6 Å². The predicted molar refractivity (Wildman–Crippen MR) is 65.3 cm³/mol. The van der Waals surface area contributed by atoms with Crippen LogP contribution in [0.2, 0.25) is 5.02 Å². The summed E-state index contributed by atoms with van der Waals surface area (Å²) >= 11 is 5.84. The Balaban J connectivity index is 2.04. The van der Waals surface area contributed by atoms with E-state index < -0.39 is 0 Å². The summed E-state index contributed by atoms with van der Waals surface area (Å²) in [6.07, 6.45) is 1.73. The number of nitrogens with zero attached hydrogens (tertiary/aromatic N) is 1. The SMILES string of the molecule is CO[C@H]1CNCC1NC(=O)c1cc(Cl)cn1C. The molecule has 1 aliphatic rings. The third kappa shape index (κ3) is 2.62. The fourth-order valence-electron chi connectivity index (χ4n) is 2.04. The number of hydrogen-bond acceptors (Lipinski definition) is 3. The Bertz CT molecular complexity index is 419. The van der Waals surface area contributed by atoms with Gasteiger partial charge in [0.15, 0.2) is 0 Å². The van der Waals surface area contributed by atoms with Gasteiger partial charge in [-0.2, -0.15) is 0 Å². The fraction of sp³-hybridized carbons (Fsp3) is 0.545. The van der Waals surface area contributed by atoms with Crippen molar-refractivity contribution < 1.29 is 9.53 Å². The van der Waals surface area contributed by atoms with Crippen molar-refractivity contribution in [3.05, 3.63) is 23.0 Å². The minimum absolute atomic E-state index is 0.00109. The van der Waals surface area contributed by atoms with Crippen LogP contribution in [0.1, 0.15) is 10.5 Å². The van der Waals surface area contributed by atoms with Crippen LogP contribution in [0.5, 0.6) is 0 Å². The largest absolute Gasteiger partial charge is 0.378 e. The zero-order chi connectivity index (χ0) is 12.4. The molecule has 2 N–H and O–H groups in total. The van der Waals surface area contributed by atoms with Crippen LogP contribution in [0.4, 0.5) is 0 Å². The van der Waals surface area contributed by atoms with E-state index in [0.29, 0.717) is 10.7 Å². The summed E-state index contributed by atoms with van der Waals surface area (Å²) in [5, 5.41) is 6.68. The molecule has 2 heterocycles. The van der Waals surface area contributed by atoms with Gasteiger partial charge >= 0.3 is 0 Å². The lowest BCUT2D eigenvalue weighted by atomic mass is 10.2. The van der Waals surface area contributed by atoms with Gasteiger partial charge in [-0.1, -0.05) is 11.6 Å². The molecule has 1 fully saturated rings. The van der Waals surface area contributed by atoms with Crippen molar-refractivity contribution in [2.45, 2.75) is 12.1 Å². The van der Waals surface area contributed by atoms with E-state index in [1.807, 2.05) is 0 Å². The van der Waals surface area contributed by atoms with Crippen molar-refractivity contribution in [2.24, 2.45) is 7.05 Å². The van der Waals surface area contributed by atoms with Gasteiger partial charge in [0, 0.05) is 33.4 Å². The molecule has 0 saturated carbocycles.